The number of nitrogens with one attached hydrogen (secondary N) is 1. The zero-order chi connectivity index (χ0) is 10.9. The SMILES string of the molecule is FC(F)(F)CN(CCC1CNC1)C1CC1. The summed E-state index contributed by atoms with van der Waals surface area (Å²) in [6, 6.07) is 0.208. The normalized spacial score (nSPS) is 23.2. The Balaban J connectivity index is 1.72. The van der Waals surface area contributed by atoms with Gasteiger partial charge in [0.05, 0.1) is 6.54 Å². The molecule has 0 aromatic rings. The second-order valence-electron chi connectivity index (χ2n) is 4.63. The number of hydrogen-bond acceptors (Lipinski definition) is 2. The van der Waals surface area contributed by atoms with Gasteiger partial charge in [0.2, 0.25) is 0 Å². The largest absolute Gasteiger partial charge is 0.401 e. The molecule has 0 aromatic heterocycles. The second-order valence-corrected chi connectivity index (χ2v) is 4.63. The highest BCUT2D eigenvalue weighted by Gasteiger charge is 2.38. The third kappa shape index (κ3) is 3.65. The van der Waals surface area contributed by atoms with Gasteiger partial charge in [-0.3, -0.25) is 4.90 Å². The van der Waals surface area contributed by atoms with Crippen LogP contribution in [-0.4, -0.2) is 43.3 Å². The van der Waals surface area contributed by atoms with Crippen molar-refractivity contribution in [1.29, 1.82) is 0 Å². The Kier molecular flexibility index (Phi) is 3.21. The number of hydrogen-bond donors (Lipinski definition) is 1. The molecule has 0 unspecified atom stereocenters. The molecule has 1 N–H and O–H groups in total. The smallest absolute Gasteiger partial charge is 0.316 e. The Morgan fingerprint density at radius 3 is 2.27 bits per heavy atom. The Labute approximate surface area is 87.8 Å². The molecule has 0 aromatic carbocycles. The minimum Gasteiger partial charge on any atom is -0.316 e. The summed E-state index contributed by atoms with van der Waals surface area (Å²) in [5.41, 5.74) is 0. The van der Waals surface area contributed by atoms with E-state index >= 15 is 0 Å². The van der Waals surface area contributed by atoms with Crippen LogP contribution in [0.2, 0.25) is 0 Å². The third-order valence-electron chi connectivity index (χ3n) is 3.14. The van der Waals surface area contributed by atoms with E-state index in [2.05, 4.69) is 5.32 Å². The summed E-state index contributed by atoms with van der Waals surface area (Å²) in [4.78, 5) is 1.61. The lowest BCUT2D eigenvalue weighted by Crippen LogP contribution is -2.45. The Hall–Kier alpha value is -0.290. The molecule has 2 rings (SSSR count). The molecule has 1 aliphatic carbocycles. The molecule has 2 nitrogen and oxygen atoms in total. The van der Waals surface area contributed by atoms with Crippen molar-refractivity contribution in [2.45, 2.75) is 31.5 Å². The van der Waals surface area contributed by atoms with Crippen LogP contribution in [0.25, 0.3) is 0 Å². The summed E-state index contributed by atoms with van der Waals surface area (Å²) in [7, 11) is 0. The predicted octanol–water partition coefficient (Wildman–Crippen LogP) is 1.62. The molecule has 2 aliphatic rings. The van der Waals surface area contributed by atoms with Crippen LogP contribution in [0.15, 0.2) is 0 Å². The highest BCUT2D eigenvalue weighted by atomic mass is 19.4. The molecule has 0 amide bonds. The van der Waals surface area contributed by atoms with E-state index in [1.54, 1.807) is 4.90 Å². The number of halogens is 3. The summed E-state index contributed by atoms with van der Waals surface area (Å²) < 4.78 is 36.8. The van der Waals surface area contributed by atoms with Gasteiger partial charge in [-0.2, -0.15) is 13.2 Å². The standard InChI is InChI=1S/C10H17F3N2/c11-10(12,13)7-15(9-1-2-9)4-3-8-5-14-6-8/h8-9,14H,1-7H2. The van der Waals surface area contributed by atoms with Gasteiger partial charge in [0.15, 0.2) is 0 Å². The number of alkyl halides is 3. The molecule has 1 aliphatic heterocycles. The first-order valence-corrected chi connectivity index (χ1v) is 5.56. The fourth-order valence-electron chi connectivity index (χ4n) is 1.96. The zero-order valence-corrected chi connectivity index (χ0v) is 8.69. The van der Waals surface area contributed by atoms with Crippen LogP contribution in [0.5, 0.6) is 0 Å². The molecule has 1 heterocycles. The van der Waals surface area contributed by atoms with Crippen LogP contribution >= 0.6 is 0 Å². The maximum absolute atomic E-state index is 12.3. The first-order chi connectivity index (χ1) is 7.04. The summed E-state index contributed by atoms with van der Waals surface area (Å²) in [5, 5.41) is 3.14. The Morgan fingerprint density at radius 1 is 1.20 bits per heavy atom. The fraction of sp³-hybridized carbons (Fsp3) is 1.00. The van der Waals surface area contributed by atoms with Gasteiger partial charge in [-0.05, 0) is 44.8 Å². The van der Waals surface area contributed by atoms with E-state index in [1.165, 1.54) is 0 Å². The van der Waals surface area contributed by atoms with Gasteiger partial charge in [0, 0.05) is 6.04 Å². The quantitative estimate of drug-likeness (QED) is 0.760. The van der Waals surface area contributed by atoms with E-state index in [4.69, 9.17) is 0 Å². The van der Waals surface area contributed by atoms with Crippen molar-refractivity contribution in [2.24, 2.45) is 5.92 Å². The van der Waals surface area contributed by atoms with Crippen molar-refractivity contribution in [2.75, 3.05) is 26.2 Å². The molecule has 15 heavy (non-hydrogen) atoms. The van der Waals surface area contributed by atoms with Gasteiger partial charge in [0.1, 0.15) is 0 Å². The molecular formula is C10H17F3N2. The van der Waals surface area contributed by atoms with Crippen molar-refractivity contribution >= 4 is 0 Å². The van der Waals surface area contributed by atoms with E-state index < -0.39 is 12.7 Å². The fourth-order valence-corrected chi connectivity index (χ4v) is 1.96. The average molecular weight is 222 g/mol. The molecular weight excluding hydrogens is 205 g/mol. The molecule has 0 radical (unpaired) electrons. The van der Waals surface area contributed by atoms with Crippen LogP contribution in [0.3, 0.4) is 0 Å². The van der Waals surface area contributed by atoms with Crippen LogP contribution in [0.4, 0.5) is 13.2 Å². The monoisotopic (exact) mass is 222 g/mol. The van der Waals surface area contributed by atoms with Crippen molar-refractivity contribution < 1.29 is 13.2 Å². The van der Waals surface area contributed by atoms with Crippen molar-refractivity contribution in [3.8, 4) is 0 Å². The molecule has 1 saturated carbocycles. The summed E-state index contributed by atoms with van der Waals surface area (Å²) in [6.45, 7) is 1.84. The van der Waals surface area contributed by atoms with Gasteiger partial charge < -0.3 is 5.32 Å². The maximum atomic E-state index is 12.3. The Morgan fingerprint density at radius 2 is 1.87 bits per heavy atom. The Bertz CT molecular complexity index is 209. The molecule has 2 fully saturated rings. The molecule has 0 atom stereocenters. The van der Waals surface area contributed by atoms with Crippen LogP contribution in [0, 0.1) is 5.92 Å². The van der Waals surface area contributed by atoms with E-state index in [1.807, 2.05) is 0 Å². The first kappa shape index (κ1) is 11.2. The highest BCUT2D eigenvalue weighted by Crippen LogP contribution is 2.30. The van der Waals surface area contributed by atoms with Crippen molar-refractivity contribution in [1.82, 2.24) is 10.2 Å². The van der Waals surface area contributed by atoms with Crippen LogP contribution in [-0.2, 0) is 0 Å². The van der Waals surface area contributed by atoms with Gasteiger partial charge in [-0.15, -0.1) is 0 Å². The van der Waals surface area contributed by atoms with Gasteiger partial charge >= 0.3 is 6.18 Å². The highest BCUT2D eigenvalue weighted by molar-refractivity contribution is 4.87. The topological polar surface area (TPSA) is 15.3 Å². The third-order valence-corrected chi connectivity index (χ3v) is 3.14. The molecule has 1 saturated heterocycles. The lowest BCUT2D eigenvalue weighted by molar-refractivity contribution is -0.147. The van der Waals surface area contributed by atoms with Crippen molar-refractivity contribution in [3.05, 3.63) is 0 Å². The number of rotatable bonds is 5. The minimum absolute atomic E-state index is 0.208. The van der Waals surface area contributed by atoms with Gasteiger partial charge in [-0.25, -0.2) is 0 Å². The molecule has 5 heteroatoms. The summed E-state index contributed by atoms with van der Waals surface area (Å²) in [6.07, 6.45) is -1.25. The average Bonchev–Trinajstić information content (AvgIpc) is 2.78. The second kappa shape index (κ2) is 4.29. The summed E-state index contributed by atoms with van der Waals surface area (Å²) >= 11 is 0. The zero-order valence-electron chi connectivity index (χ0n) is 8.69. The van der Waals surface area contributed by atoms with E-state index in [0.29, 0.717) is 12.5 Å². The predicted molar refractivity (Wildman–Crippen MR) is 51.6 cm³/mol. The lowest BCUT2D eigenvalue weighted by atomic mass is 9.99. The van der Waals surface area contributed by atoms with Gasteiger partial charge in [0.25, 0.3) is 0 Å². The summed E-state index contributed by atoms with van der Waals surface area (Å²) in [5.74, 6) is 0.597. The van der Waals surface area contributed by atoms with Crippen LogP contribution in [0.1, 0.15) is 19.3 Å². The number of nitrogens with zero attached hydrogens (tertiary/aromatic N) is 1. The van der Waals surface area contributed by atoms with Gasteiger partial charge in [-0.1, -0.05) is 0 Å². The first-order valence-electron chi connectivity index (χ1n) is 5.56. The molecule has 88 valence electrons. The minimum atomic E-state index is -4.04. The molecule has 0 spiro atoms. The van der Waals surface area contributed by atoms with Crippen LogP contribution < -0.4 is 5.32 Å². The lowest BCUT2D eigenvalue weighted by Gasteiger charge is -2.30. The van der Waals surface area contributed by atoms with E-state index in [-0.39, 0.29) is 6.04 Å². The van der Waals surface area contributed by atoms with E-state index in [0.717, 1.165) is 32.4 Å². The molecule has 0 bridgehead atoms. The maximum Gasteiger partial charge on any atom is 0.401 e. The van der Waals surface area contributed by atoms with E-state index in [9.17, 15) is 13.2 Å². The van der Waals surface area contributed by atoms with Crippen molar-refractivity contribution in [3.63, 3.8) is 0 Å².